The highest BCUT2D eigenvalue weighted by atomic mass is 16.5. The lowest BCUT2D eigenvalue weighted by Crippen LogP contribution is -2.59. The standard InChI is InChI=1S/C16H22N2O4/c1-12-16(20)17(11-15(19)18(12)8-9-21-2)10-13-4-6-14(22-3)7-5-13/h4-7,12H,8-11H2,1-3H3/t12-/m0/s1. The zero-order valence-corrected chi connectivity index (χ0v) is 13.2. The number of hydrogen-bond acceptors (Lipinski definition) is 4. The summed E-state index contributed by atoms with van der Waals surface area (Å²) in [5, 5.41) is 0. The van der Waals surface area contributed by atoms with Crippen molar-refractivity contribution in [3.63, 3.8) is 0 Å². The molecule has 22 heavy (non-hydrogen) atoms. The van der Waals surface area contributed by atoms with Gasteiger partial charge in [-0.3, -0.25) is 9.59 Å². The van der Waals surface area contributed by atoms with Crippen LogP contribution in [0.4, 0.5) is 0 Å². The first kappa shape index (κ1) is 16.3. The van der Waals surface area contributed by atoms with Gasteiger partial charge in [0.15, 0.2) is 0 Å². The third-order valence-corrected chi connectivity index (χ3v) is 3.85. The van der Waals surface area contributed by atoms with Gasteiger partial charge in [0.05, 0.1) is 13.7 Å². The minimum atomic E-state index is -0.449. The lowest BCUT2D eigenvalue weighted by atomic mass is 10.1. The average Bonchev–Trinajstić information content (AvgIpc) is 2.53. The van der Waals surface area contributed by atoms with E-state index in [0.717, 1.165) is 11.3 Å². The molecule has 0 radical (unpaired) electrons. The molecule has 2 rings (SSSR count). The Hall–Kier alpha value is -2.08. The Bertz CT molecular complexity index is 529. The van der Waals surface area contributed by atoms with Crippen LogP contribution in [0, 0.1) is 0 Å². The average molecular weight is 306 g/mol. The van der Waals surface area contributed by atoms with Gasteiger partial charge in [-0.2, -0.15) is 0 Å². The van der Waals surface area contributed by atoms with Gasteiger partial charge in [-0.05, 0) is 24.6 Å². The van der Waals surface area contributed by atoms with Crippen molar-refractivity contribution in [3.8, 4) is 5.75 Å². The first-order valence-corrected chi connectivity index (χ1v) is 7.27. The molecule has 1 aliphatic rings. The molecule has 0 unspecified atom stereocenters. The zero-order valence-electron chi connectivity index (χ0n) is 13.2. The molecule has 1 heterocycles. The van der Waals surface area contributed by atoms with E-state index in [4.69, 9.17) is 9.47 Å². The molecule has 1 aromatic carbocycles. The van der Waals surface area contributed by atoms with Crippen LogP contribution in [0.2, 0.25) is 0 Å². The quantitative estimate of drug-likeness (QED) is 0.783. The van der Waals surface area contributed by atoms with Gasteiger partial charge in [0.2, 0.25) is 11.8 Å². The van der Waals surface area contributed by atoms with Crippen LogP contribution in [0.15, 0.2) is 24.3 Å². The normalized spacial score (nSPS) is 18.8. The molecule has 1 atom stereocenters. The highest BCUT2D eigenvalue weighted by molar-refractivity contribution is 5.94. The first-order valence-electron chi connectivity index (χ1n) is 7.27. The van der Waals surface area contributed by atoms with Crippen molar-refractivity contribution in [2.24, 2.45) is 0 Å². The summed E-state index contributed by atoms with van der Waals surface area (Å²) in [6.07, 6.45) is 0. The third-order valence-electron chi connectivity index (χ3n) is 3.85. The molecular formula is C16H22N2O4. The molecule has 6 heteroatoms. The Kier molecular flexibility index (Phi) is 5.38. The topological polar surface area (TPSA) is 59.1 Å². The molecule has 1 saturated heterocycles. The molecule has 6 nitrogen and oxygen atoms in total. The van der Waals surface area contributed by atoms with E-state index in [9.17, 15) is 9.59 Å². The highest BCUT2D eigenvalue weighted by Gasteiger charge is 2.35. The maximum atomic E-state index is 12.4. The van der Waals surface area contributed by atoms with Crippen molar-refractivity contribution in [2.45, 2.75) is 19.5 Å². The number of carbonyl (C=O) groups is 2. The van der Waals surface area contributed by atoms with Crippen molar-refractivity contribution in [2.75, 3.05) is 33.9 Å². The Balaban J connectivity index is 2.03. The molecule has 1 aromatic rings. The lowest BCUT2D eigenvalue weighted by Gasteiger charge is -2.38. The van der Waals surface area contributed by atoms with Gasteiger partial charge in [0, 0.05) is 20.2 Å². The van der Waals surface area contributed by atoms with Crippen LogP contribution < -0.4 is 4.74 Å². The molecule has 0 aliphatic carbocycles. The van der Waals surface area contributed by atoms with E-state index in [-0.39, 0.29) is 18.4 Å². The summed E-state index contributed by atoms with van der Waals surface area (Å²) >= 11 is 0. The maximum absolute atomic E-state index is 12.4. The van der Waals surface area contributed by atoms with Crippen LogP contribution in [-0.4, -0.2) is 61.6 Å². The molecule has 0 saturated carbocycles. The highest BCUT2D eigenvalue weighted by Crippen LogP contribution is 2.17. The summed E-state index contributed by atoms with van der Waals surface area (Å²) in [6.45, 7) is 3.17. The number of benzene rings is 1. The van der Waals surface area contributed by atoms with Gasteiger partial charge in [0.1, 0.15) is 18.3 Å². The number of ether oxygens (including phenoxy) is 2. The maximum Gasteiger partial charge on any atom is 0.245 e. The Morgan fingerprint density at radius 1 is 1.18 bits per heavy atom. The van der Waals surface area contributed by atoms with Crippen molar-refractivity contribution < 1.29 is 19.1 Å². The molecule has 0 N–H and O–H groups in total. The fraction of sp³-hybridized carbons (Fsp3) is 0.500. The molecule has 1 fully saturated rings. The van der Waals surface area contributed by atoms with Crippen LogP contribution in [0.3, 0.4) is 0 Å². The third kappa shape index (κ3) is 3.57. The Morgan fingerprint density at radius 3 is 2.45 bits per heavy atom. The van der Waals surface area contributed by atoms with E-state index in [0.29, 0.717) is 19.7 Å². The van der Waals surface area contributed by atoms with Crippen LogP contribution in [-0.2, 0) is 20.9 Å². The second-order valence-corrected chi connectivity index (χ2v) is 5.30. The summed E-state index contributed by atoms with van der Waals surface area (Å²) in [7, 11) is 3.19. The molecule has 0 bridgehead atoms. The number of rotatable bonds is 6. The molecular weight excluding hydrogens is 284 g/mol. The van der Waals surface area contributed by atoms with Crippen LogP contribution in [0.25, 0.3) is 0 Å². The zero-order chi connectivity index (χ0) is 16.1. The number of hydrogen-bond donors (Lipinski definition) is 0. The summed E-state index contributed by atoms with van der Waals surface area (Å²) < 4.78 is 10.1. The van der Waals surface area contributed by atoms with Crippen LogP contribution >= 0.6 is 0 Å². The molecule has 120 valence electrons. The predicted molar refractivity (Wildman–Crippen MR) is 81.5 cm³/mol. The second-order valence-electron chi connectivity index (χ2n) is 5.30. The molecule has 0 aromatic heterocycles. The summed E-state index contributed by atoms with van der Waals surface area (Å²) in [5.74, 6) is 0.688. The lowest BCUT2D eigenvalue weighted by molar-refractivity contribution is -0.156. The number of carbonyl (C=O) groups excluding carboxylic acids is 2. The fourth-order valence-electron chi connectivity index (χ4n) is 2.54. The van der Waals surface area contributed by atoms with E-state index in [1.165, 1.54) is 0 Å². The Morgan fingerprint density at radius 2 is 1.86 bits per heavy atom. The number of nitrogens with zero attached hydrogens (tertiary/aromatic N) is 2. The van der Waals surface area contributed by atoms with Crippen molar-refractivity contribution in [1.29, 1.82) is 0 Å². The minimum absolute atomic E-state index is 0.0356. The van der Waals surface area contributed by atoms with Gasteiger partial charge < -0.3 is 19.3 Å². The van der Waals surface area contributed by atoms with Gasteiger partial charge >= 0.3 is 0 Å². The molecule has 2 amide bonds. The number of piperazine rings is 1. The second kappa shape index (κ2) is 7.26. The number of methoxy groups -OCH3 is 2. The van der Waals surface area contributed by atoms with E-state index in [2.05, 4.69) is 0 Å². The van der Waals surface area contributed by atoms with Gasteiger partial charge in [0.25, 0.3) is 0 Å². The van der Waals surface area contributed by atoms with E-state index in [1.54, 1.807) is 30.9 Å². The monoisotopic (exact) mass is 306 g/mol. The summed E-state index contributed by atoms with van der Waals surface area (Å²) in [5.41, 5.74) is 0.972. The van der Waals surface area contributed by atoms with Crippen LogP contribution in [0.5, 0.6) is 5.75 Å². The van der Waals surface area contributed by atoms with Crippen LogP contribution in [0.1, 0.15) is 12.5 Å². The summed E-state index contributed by atoms with van der Waals surface area (Å²) in [6, 6.07) is 7.05. The van der Waals surface area contributed by atoms with E-state index in [1.807, 2.05) is 24.3 Å². The fourth-order valence-corrected chi connectivity index (χ4v) is 2.54. The predicted octanol–water partition coefficient (Wildman–Crippen LogP) is 0.901. The smallest absolute Gasteiger partial charge is 0.245 e. The SMILES string of the molecule is COCCN1C(=O)CN(Cc2ccc(OC)cc2)C(=O)[C@@H]1C. The van der Waals surface area contributed by atoms with Crippen molar-refractivity contribution in [1.82, 2.24) is 9.80 Å². The minimum Gasteiger partial charge on any atom is -0.497 e. The Labute approximate surface area is 130 Å². The van der Waals surface area contributed by atoms with E-state index >= 15 is 0 Å². The van der Waals surface area contributed by atoms with E-state index < -0.39 is 6.04 Å². The van der Waals surface area contributed by atoms with Gasteiger partial charge in [-0.15, -0.1) is 0 Å². The van der Waals surface area contributed by atoms with Gasteiger partial charge in [-0.25, -0.2) is 0 Å². The molecule has 0 spiro atoms. The van der Waals surface area contributed by atoms with Crippen molar-refractivity contribution >= 4 is 11.8 Å². The van der Waals surface area contributed by atoms with Crippen molar-refractivity contribution in [3.05, 3.63) is 29.8 Å². The first-order chi connectivity index (χ1) is 10.6. The summed E-state index contributed by atoms with van der Waals surface area (Å²) in [4.78, 5) is 27.8. The number of amides is 2. The largest absolute Gasteiger partial charge is 0.497 e. The van der Waals surface area contributed by atoms with Gasteiger partial charge in [-0.1, -0.05) is 12.1 Å². The molecule has 1 aliphatic heterocycles.